The molecule has 0 aliphatic rings. The summed E-state index contributed by atoms with van der Waals surface area (Å²) in [4.78, 5) is 15.0. The van der Waals surface area contributed by atoms with Crippen LogP contribution in [0.5, 0.6) is 0 Å². The molecule has 2 aromatic rings. The van der Waals surface area contributed by atoms with Gasteiger partial charge in [0.25, 0.3) is 0 Å². The number of amides is 1. The maximum atomic E-state index is 10.7. The molecule has 1 N–H and O–H groups in total. The summed E-state index contributed by atoms with van der Waals surface area (Å²) in [5, 5.41) is 2.81. The lowest BCUT2D eigenvalue weighted by Gasteiger charge is -2.08. The standard InChI is InChI=1S/C15H19N3O/c1-13(19)17-9-5-6-10-18-12-16-11-15(18)14-7-3-2-4-8-14/h2-4,7-8,11-12H,5-6,9-10H2,1H3,(H,17,19). The van der Waals surface area contributed by atoms with Crippen molar-refractivity contribution < 1.29 is 4.79 Å². The van der Waals surface area contributed by atoms with Crippen LogP contribution in [0.1, 0.15) is 19.8 Å². The molecule has 0 fully saturated rings. The molecule has 19 heavy (non-hydrogen) atoms. The van der Waals surface area contributed by atoms with Gasteiger partial charge in [0.15, 0.2) is 0 Å². The van der Waals surface area contributed by atoms with Gasteiger partial charge in [0.2, 0.25) is 5.91 Å². The molecule has 1 aromatic heterocycles. The molecule has 0 spiro atoms. The fourth-order valence-corrected chi connectivity index (χ4v) is 2.02. The van der Waals surface area contributed by atoms with Crippen LogP contribution in [0, 0.1) is 0 Å². The van der Waals surface area contributed by atoms with Crippen LogP contribution in [0.15, 0.2) is 42.9 Å². The molecular formula is C15H19N3O. The Bertz CT molecular complexity index is 519. The van der Waals surface area contributed by atoms with E-state index in [0.717, 1.165) is 31.6 Å². The summed E-state index contributed by atoms with van der Waals surface area (Å²) in [5.41, 5.74) is 2.32. The molecule has 100 valence electrons. The van der Waals surface area contributed by atoms with E-state index in [1.165, 1.54) is 5.56 Å². The molecule has 0 radical (unpaired) electrons. The Balaban J connectivity index is 1.88. The van der Waals surface area contributed by atoms with Crippen molar-refractivity contribution in [3.63, 3.8) is 0 Å². The third kappa shape index (κ3) is 3.95. The number of nitrogens with zero attached hydrogens (tertiary/aromatic N) is 2. The number of carbonyl (C=O) groups is 1. The van der Waals surface area contributed by atoms with E-state index in [0.29, 0.717) is 0 Å². The van der Waals surface area contributed by atoms with Crippen molar-refractivity contribution in [3.05, 3.63) is 42.9 Å². The molecule has 2 rings (SSSR count). The molecular weight excluding hydrogens is 238 g/mol. The maximum absolute atomic E-state index is 10.7. The quantitative estimate of drug-likeness (QED) is 0.808. The molecule has 0 saturated heterocycles. The molecule has 0 saturated carbocycles. The number of nitrogens with one attached hydrogen (secondary N) is 1. The first-order chi connectivity index (χ1) is 9.27. The highest BCUT2D eigenvalue weighted by Gasteiger charge is 2.03. The highest BCUT2D eigenvalue weighted by atomic mass is 16.1. The fourth-order valence-electron chi connectivity index (χ4n) is 2.02. The van der Waals surface area contributed by atoms with Crippen molar-refractivity contribution in [1.29, 1.82) is 0 Å². The Kier molecular flexibility index (Phi) is 4.72. The maximum Gasteiger partial charge on any atom is 0.216 e. The lowest BCUT2D eigenvalue weighted by molar-refractivity contribution is -0.118. The van der Waals surface area contributed by atoms with Gasteiger partial charge in [0.05, 0.1) is 18.2 Å². The van der Waals surface area contributed by atoms with E-state index in [-0.39, 0.29) is 5.91 Å². The van der Waals surface area contributed by atoms with Gasteiger partial charge in [-0.15, -0.1) is 0 Å². The highest BCUT2D eigenvalue weighted by molar-refractivity contribution is 5.72. The fraction of sp³-hybridized carbons (Fsp3) is 0.333. The molecule has 0 aliphatic heterocycles. The summed E-state index contributed by atoms with van der Waals surface area (Å²) in [6.07, 6.45) is 5.76. The molecule has 0 atom stereocenters. The first-order valence-electron chi connectivity index (χ1n) is 6.57. The van der Waals surface area contributed by atoms with Crippen molar-refractivity contribution in [2.45, 2.75) is 26.3 Å². The molecule has 1 amide bonds. The average molecular weight is 257 g/mol. The predicted octanol–water partition coefficient (Wildman–Crippen LogP) is 2.47. The van der Waals surface area contributed by atoms with Crippen molar-refractivity contribution in [1.82, 2.24) is 14.9 Å². The lowest BCUT2D eigenvalue weighted by Crippen LogP contribution is -2.21. The molecule has 1 heterocycles. The minimum absolute atomic E-state index is 0.0348. The highest BCUT2D eigenvalue weighted by Crippen LogP contribution is 2.18. The van der Waals surface area contributed by atoms with Gasteiger partial charge in [-0.3, -0.25) is 4.79 Å². The molecule has 4 nitrogen and oxygen atoms in total. The number of hydrogen-bond donors (Lipinski definition) is 1. The van der Waals surface area contributed by atoms with Gasteiger partial charge in [-0.1, -0.05) is 30.3 Å². The van der Waals surface area contributed by atoms with Gasteiger partial charge < -0.3 is 9.88 Å². The van der Waals surface area contributed by atoms with E-state index < -0.39 is 0 Å². The number of carbonyl (C=O) groups excluding carboxylic acids is 1. The number of imidazole rings is 1. The van der Waals surface area contributed by atoms with Gasteiger partial charge in [0, 0.05) is 20.0 Å². The van der Waals surface area contributed by atoms with Gasteiger partial charge in [-0.05, 0) is 18.4 Å². The van der Waals surface area contributed by atoms with E-state index in [1.807, 2.05) is 30.7 Å². The van der Waals surface area contributed by atoms with Crippen LogP contribution in [0.25, 0.3) is 11.3 Å². The van der Waals surface area contributed by atoms with Crippen LogP contribution in [0.2, 0.25) is 0 Å². The van der Waals surface area contributed by atoms with Crippen LogP contribution < -0.4 is 5.32 Å². The Hall–Kier alpha value is -2.10. The van der Waals surface area contributed by atoms with Gasteiger partial charge in [-0.25, -0.2) is 4.98 Å². The topological polar surface area (TPSA) is 46.9 Å². The summed E-state index contributed by atoms with van der Waals surface area (Å²) in [6.45, 7) is 3.21. The number of aromatic nitrogens is 2. The van der Waals surface area contributed by atoms with Crippen molar-refractivity contribution >= 4 is 5.91 Å². The molecule has 0 unspecified atom stereocenters. The second kappa shape index (κ2) is 6.73. The normalized spacial score (nSPS) is 10.4. The summed E-state index contributed by atoms with van der Waals surface area (Å²) in [5.74, 6) is 0.0348. The van der Waals surface area contributed by atoms with E-state index in [9.17, 15) is 4.79 Å². The molecule has 0 bridgehead atoms. The van der Waals surface area contributed by atoms with E-state index in [2.05, 4.69) is 27.0 Å². The number of hydrogen-bond acceptors (Lipinski definition) is 2. The SMILES string of the molecule is CC(=O)NCCCCn1cncc1-c1ccccc1. The van der Waals surface area contributed by atoms with Crippen LogP contribution in [0.4, 0.5) is 0 Å². The van der Waals surface area contributed by atoms with Gasteiger partial charge in [0.1, 0.15) is 0 Å². The minimum Gasteiger partial charge on any atom is -0.356 e. The van der Waals surface area contributed by atoms with Crippen LogP contribution in [0.3, 0.4) is 0 Å². The van der Waals surface area contributed by atoms with Crippen LogP contribution >= 0.6 is 0 Å². The minimum atomic E-state index is 0.0348. The monoisotopic (exact) mass is 257 g/mol. The zero-order valence-electron chi connectivity index (χ0n) is 11.2. The van der Waals surface area contributed by atoms with Crippen molar-refractivity contribution in [2.75, 3.05) is 6.54 Å². The Morgan fingerprint density at radius 3 is 2.79 bits per heavy atom. The number of unbranched alkanes of at least 4 members (excludes halogenated alkanes) is 1. The Morgan fingerprint density at radius 2 is 2.05 bits per heavy atom. The number of aryl methyl sites for hydroxylation is 1. The van der Waals surface area contributed by atoms with E-state index in [4.69, 9.17) is 0 Å². The van der Waals surface area contributed by atoms with E-state index >= 15 is 0 Å². The molecule has 4 heteroatoms. The van der Waals surface area contributed by atoms with Crippen molar-refractivity contribution in [3.8, 4) is 11.3 Å². The predicted molar refractivity (Wildman–Crippen MR) is 75.6 cm³/mol. The summed E-state index contributed by atoms with van der Waals surface area (Å²) >= 11 is 0. The molecule has 1 aromatic carbocycles. The zero-order chi connectivity index (χ0) is 13.5. The smallest absolute Gasteiger partial charge is 0.216 e. The van der Waals surface area contributed by atoms with Crippen LogP contribution in [-0.4, -0.2) is 22.0 Å². The second-order valence-corrected chi connectivity index (χ2v) is 4.53. The third-order valence-electron chi connectivity index (χ3n) is 2.98. The summed E-state index contributed by atoms with van der Waals surface area (Å²) < 4.78 is 2.16. The third-order valence-corrected chi connectivity index (χ3v) is 2.98. The average Bonchev–Trinajstić information content (AvgIpc) is 2.87. The summed E-state index contributed by atoms with van der Waals surface area (Å²) in [7, 11) is 0. The number of benzene rings is 1. The molecule has 0 aliphatic carbocycles. The Labute approximate surface area is 113 Å². The number of rotatable bonds is 6. The van der Waals surface area contributed by atoms with Gasteiger partial charge >= 0.3 is 0 Å². The summed E-state index contributed by atoms with van der Waals surface area (Å²) in [6, 6.07) is 10.3. The lowest BCUT2D eigenvalue weighted by atomic mass is 10.1. The Morgan fingerprint density at radius 1 is 1.26 bits per heavy atom. The zero-order valence-corrected chi connectivity index (χ0v) is 11.2. The van der Waals surface area contributed by atoms with Gasteiger partial charge in [-0.2, -0.15) is 0 Å². The second-order valence-electron chi connectivity index (χ2n) is 4.53. The first kappa shape index (κ1) is 13.3. The largest absolute Gasteiger partial charge is 0.356 e. The first-order valence-corrected chi connectivity index (χ1v) is 6.57. The van der Waals surface area contributed by atoms with Crippen LogP contribution in [-0.2, 0) is 11.3 Å². The van der Waals surface area contributed by atoms with E-state index in [1.54, 1.807) is 6.92 Å². The van der Waals surface area contributed by atoms with Crippen molar-refractivity contribution in [2.24, 2.45) is 0 Å².